The van der Waals surface area contributed by atoms with E-state index in [1.165, 1.54) is 6.08 Å². The molecule has 2 aromatic heterocycles. The number of nitriles is 1. The van der Waals surface area contributed by atoms with E-state index in [1.807, 2.05) is 60.9 Å². The first-order valence-electron chi connectivity index (χ1n) is 9.94. The van der Waals surface area contributed by atoms with Crippen molar-refractivity contribution in [3.63, 3.8) is 0 Å². The zero-order chi connectivity index (χ0) is 22.7. The van der Waals surface area contributed by atoms with Gasteiger partial charge in [0.1, 0.15) is 5.75 Å². The van der Waals surface area contributed by atoms with Gasteiger partial charge in [-0.15, -0.1) is 0 Å². The number of halogens is 1. The summed E-state index contributed by atoms with van der Waals surface area (Å²) in [5, 5.41) is 12.3. The van der Waals surface area contributed by atoms with Crippen LogP contribution in [-0.4, -0.2) is 26.6 Å². The van der Waals surface area contributed by atoms with Crippen molar-refractivity contribution in [2.75, 3.05) is 12.4 Å². The third-order valence-corrected chi connectivity index (χ3v) is 5.27. The molecule has 32 heavy (non-hydrogen) atoms. The zero-order valence-corrected chi connectivity index (χ0v) is 18.7. The van der Waals surface area contributed by atoms with Crippen molar-refractivity contribution in [1.29, 1.82) is 5.26 Å². The number of fused-ring (bicyclic) bond motifs is 1. The zero-order valence-electron chi connectivity index (χ0n) is 17.9. The maximum absolute atomic E-state index is 8.77. The Morgan fingerprint density at radius 2 is 1.88 bits per heavy atom. The quantitative estimate of drug-likeness (QED) is 0.315. The number of nitrogens with one attached hydrogen (secondary N) is 1. The summed E-state index contributed by atoms with van der Waals surface area (Å²) < 4.78 is 7.16. The fraction of sp³-hybridized carbons (Fsp3) is 0.167. The van der Waals surface area contributed by atoms with Crippen LogP contribution in [0.2, 0.25) is 5.28 Å². The van der Waals surface area contributed by atoms with Crippen LogP contribution >= 0.6 is 11.6 Å². The summed E-state index contributed by atoms with van der Waals surface area (Å²) in [6.45, 7) is 4.59. The van der Waals surface area contributed by atoms with E-state index in [1.54, 1.807) is 19.5 Å². The van der Waals surface area contributed by atoms with Gasteiger partial charge in [-0.25, -0.2) is 4.98 Å². The number of methoxy groups -OCH3 is 1. The average Bonchev–Trinajstić information content (AvgIpc) is 3.17. The van der Waals surface area contributed by atoms with Gasteiger partial charge in [0.15, 0.2) is 17.0 Å². The van der Waals surface area contributed by atoms with E-state index in [-0.39, 0.29) is 5.28 Å². The van der Waals surface area contributed by atoms with Gasteiger partial charge in [-0.1, -0.05) is 12.1 Å². The van der Waals surface area contributed by atoms with Crippen LogP contribution in [0.25, 0.3) is 17.2 Å². The Balaban J connectivity index is 1.68. The number of hydrogen-bond acceptors (Lipinski definition) is 6. The molecular weight excluding hydrogens is 424 g/mol. The largest absolute Gasteiger partial charge is 0.497 e. The van der Waals surface area contributed by atoms with Crippen molar-refractivity contribution in [3.05, 3.63) is 76.3 Å². The Labute approximate surface area is 191 Å². The number of aromatic nitrogens is 4. The van der Waals surface area contributed by atoms with E-state index in [9.17, 15) is 0 Å². The Morgan fingerprint density at radius 3 is 2.53 bits per heavy atom. The molecule has 0 bridgehead atoms. The van der Waals surface area contributed by atoms with Crippen molar-refractivity contribution in [2.45, 2.75) is 20.4 Å². The van der Waals surface area contributed by atoms with Crippen molar-refractivity contribution in [3.8, 4) is 11.8 Å². The van der Waals surface area contributed by atoms with E-state index in [0.717, 1.165) is 33.7 Å². The van der Waals surface area contributed by atoms with Crippen LogP contribution in [-0.2, 0) is 6.54 Å². The summed E-state index contributed by atoms with van der Waals surface area (Å²) in [4.78, 5) is 13.3. The third-order valence-electron chi connectivity index (χ3n) is 5.10. The molecule has 0 saturated heterocycles. The lowest BCUT2D eigenvalue weighted by Gasteiger charge is -2.14. The fourth-order valence-electron chi connectivity index (χ4n) is 3.59. The Kier molecular flexibility index (Phi) is 6.06. The summed E-state index contributed by atoms with van der Waals surface area (Å²) in [6, 6.07) is 13.9. The van der Waals surface area contributed by atoms with Crippen molar-refractivity contribution < 1.29 is 4.74 Å². The van der Waals surface area contributed by atoms with Gasteiger partial charge in [-0.2, -0.15) is 15.2 Å². The Morgan fingerprint density at radius 1 is 1.16 bits per heavy atom. The lowest BCUT2D eigenvalue weighted by molar-refractivity contribution is 0.414. The number of rotatable bonds is 6. The molecule has 0 unspecified atom stereocenters. The van der Waals surface area contributed by atoms with Crippen molar-refractivity contribution in [1.82, 2.24) is 19.5 Å². The molecule has 160 valence electrons. The molecule has 1 N–H and O–H groups in total. The Hall–Kier alpha value is -3.89. The van der Waals surface area contributed by atoms with E-state index < -0.39 is 0 Å². The molecule has 0 saturated carbocycles. The van der Waals surface area contributed by atoms with Gasteiger partial charge >= 0.3 is 0 Å². The monoisotopic (exact) mass is 444 g/mol. The van der Waals surface area contributed by atoms with Crippen molar-refractivity contribution >= 4 is 40.3 Å². The molecule has 4 rings (SSSR count). The van der Waals surface area contributed by atoms with Crippen LogP contribution in [0, 0.1) is 25.2 Å². The highest BCUT2D eigenvalue weighted by Crippen LogP contribution is 2.30. The molecule has 0 radical (unpaired) electrons. The minimum Gasteiger partial charge on any atom is -0.497 e. The number of nitrogens with zero attached hydrogens (tertiary/aromatic N) is 5. The van der Waals surface area contributed by atoms with Gasteiger partial charge in [-0.3, -0.25) is 0 Å². The highest BCUT2D eigenvalue weighted by atomic mass is 35.5. The first kappa shape index (κ1) is 21.3. The maximum atomic E-state index is 8.77. The van der Waals surface area contributed by atoms with E-state index in [2.05, 4.69) is 20.3 Å². The van der Waals surface area contributed by atoms with Crippen LogP contribution in [0.3, 0.4) is 0 Å². The number of ether oxygens (including phenoxy) is 1. The first-order valence-corrected chi connectivity index (χ1v) is 10.3. The SMILES string of the molecule is COc1ccc(Cn2cnc3c(Nc4c(C)cc(/C=C/C#N)cc4C)nc(Cl)nc32)cc1. The van der Waals surface area contributed by atoms with Crippen LogP contribution in [0.5, 0.6) is 5.75 Å². The molecular formula is C24H21ClN6O. The molecule has 0 fully saturated rings. The minimum atomic E-state index is 0.139. The van der Waals surface area contributed by atoms with Gasteiger partial charge in [0.25, 0.3) is 0 Å². The number of anilines is 2. The summed E-state index contributed by atoms with van der Waals surface area (Å²) in [5.74, 6) is 1.35. The van der Waals surface area contributed by atoms with E-state index >= 15 is 0 Å². The molecule has 0 aliphatic carbocycles. The highest BCUT2D eigenvalue weighted by molar-refractivity contribution is 6.28. The van der Waals surface area contributed by atoms with Crippen LogP contribution in [0.15, 0.2) is 48.8 Å². The summed E-state index contributed by atoms with van der Waals surface area (Å²) >= 11 is 6.26. The number of benzene rings is 2. The summed E-state index contributed by atoms with van der Waals surface area (Å²) in [6.07, 6.45) is 4.98. The van der Waals surface area contributed by atoms with E-state index in [0.29, 0.717) is 23.5 Å². The maximum Gasteiger partial charge on any atom is 0.226 e. The second kappa shape index (κ2) is 9.08. The van der Waals surface area contributed by atoms with Crippen LogP contribution in [0.1, 0.15) is 22.3 Å². The normalized spacial score (nSPS) is 11.1. The first-order chi connectivity index (χ1) is 15.5. The third kappa shape index (κ3) is 4.41. The van der Waals surface area contributed by atoms with Crippen LogP contribution in [0.4, 0.5) is 11.5 Å². The van der Waals surface area contributed by atoms with Gasteiger partial charge in [0.05, 0.1) is 26.1 Å². The molecule has 7 nitrogen and oxygen atoms in total. The van der Waals surface area contributed by atoms with E-state index in [4.69, 9.17) is 21.6 Å². The molecule has 2 heterocycles. The Bertz CT molecular complexity index is 1330. The molecule has 0 aliphatic rings. The van der Waals surface area contributed by atoms with Gasteiger partial charge < -0.3 is 14.6 Å². The molecule has 0 amide bonds. The van der Waals surface area contributed by atoms with Gasteiger partial charge in [-0.05, 0) is 78.0 Å². The number of aryl methyl sites for hydroxylation is 2. The number of allylic oxidation sites excluding steroid dienone is 1. The molecule has 0 spiro atoms. The smallest absolute Gasteiger partial charge is 0.226 e. The molecule has 0 atom stereocenters. The highest BCUT2D eigenvalue weighted by Gasteiger charge is 2.15. The lowest BCUT2D eigenvalue weighted by Crippen LogP contribution is -2.03. The lowest BCUT2D eigenvalue weighted by atomic mass is 10.0. The molecule has 0 aliphatic heterocycles. The topological polar surface area (TPSA) is 88.6 Å². The average molecular weight is 445 g/mol. The fourth-order valence-corrected chi connectivity index (χ4v) is 3.76. The second-order valence-electron chi connectivity index (χ2n) is 7.35. The molecule has 4 aromatic rings. The second-order valence-corrected chi connectivity index (χ2v) is 7.69. The minimum absolute atomic E-state index is 0.139. The predicted molar refractivity (Wildman–Crippen MR) is 126 cm³/mol. The summed E-state index contributed by atoms with van der Waals surface area (Å²) in [5.41, 5.74) is 6.28. The molecule has 2 aromatic carbocycles. The summed E-state index contributed by atoms with van der Waals surface area (Å²) in [7, 11) is 1.64. The molecule has 8 heteroatoms. The van der Waals surface area contributed by atoms with Crippen LogP contribution < -0.4 is 10.1 Å². The van der Waals surface area contributed by atoms with Gasteiger partial charge in [0, 0.05) is 11.8 Å². The number of hydrogen-bond donors (Lipinski definition) is 1. The van der Waals surface area contributed by atoms with Gasteiger partial charge in [0.2, 0.25) is 5.28 Å². The number of imidazole rings is 1. The predicted octanol–water partition coefficient (Wildman–Crippen LogP) is 5.43. The standard InChI is InChI=1S/C24H21ClN6O/c1-15-11-18(5-4-10-26)12-16(2)20(15)28-22-21-23(30-24(25)29-22)31(14-27-21)13-17-6-8-19(32-3)9-7-17/h4-9,11-12,14H,13H2,1-3H3,(H,28,29,30)/b5-4+. The van der Waals surface area contributed by atoms with Crippen molar-refractivity contribution in [2.24, 2.45) is 0 Å².